The first-order valence-electron chi connectivity index (χ1n) is 7.61. The molecule has 0 saturated carbocycles. The van der Waals surface area contributed by atoms with Gasteiger partial charge in [0.15, 0.2) is 0 Å². The predicted octanol–water partition coefficient (Wildman–Crippen LogP) is 3.20. The van der Waals surface area contributed by atoms with Crippen molar-refractivity contribution < 1.29 is 0 Å². The third-order valence-corrected chi connectivity index (χ3v) is 3.21. The van der Waals surface area contributed by atoms with Crippen molar-refractivity contribution in [3.63, 3.8) is 0 Å². The van der Waals surface area contributed by atoms with Gasteiger partial charge >= 0.3 is 0 Å². The zero-order valence-electron chi connectivity index (χ0n) is 13.8. The summed E-state index contributed by atoms with van der Waals surface area (Å²) >= 11 is 0. The molecule has 0 aliphatic heterocycles. The largest absolute Gasteiger partial charge is 0.354 e. The molecular formula is C17H25N5. The van der Waals surface area contributed by atoms with E-state index in [1.165, 1.54) is 5.56 Å². The number of anilines is 3. The van der Waals surface area contributed by atoms with Crippen LogP contribution in [0.15, 0.2) is 30.3 Å². The fourth-order valence-corrected chi connectivity index (χ4v) is 2.18. The van der Waals surface area contributed by atoms with Gasteiger partial charge in [0.05, 0.1) is 0 Å². The van der Waals surface area contributed by atoms with Crippen molar-refractivity contribution >= 4 is 17.5 Å². The van der Waals surface area contributed by atoms with E-state index in [1.807, 2.05) is 25.1 Å². The molecule has 1 aromatic heterocycles. The van der Waals surface area contributed by atoms with Crippen molar-refractivity contribution in [1.29, 1.82) is 0 Å². The van der Waals surface area contributed by atoms with Gasteiger partial charge in [-0.05, 0) is 58.6 Å². The molecule has 0 spiro atoms. The fraction of sp³-hybridized carbons (Fsp3) is 0.412. The van der Waals surface area contributed by atoms with Crippen LogP contribution in [0.2, 0.25) is 0 Å². The van der Waals surface area contributed by atoms with E-state index >= 15 is 0 Å². The van der Waals surface area contributed by atoms with Crippen molar-refractivity contribution in [2.75, 3.05) is 37.8 Å². The maximum absolute atomic E-state index is 4.53. The summed E-state index contributed by atoms with van der Waals surface area (Å²) in [5.41, 5.74) is 3.20. The van der Waals surface area contributed by atoms with E-state index in [9.17, 15) is 0 Å². The molecule has 0 fully saturated rings. The summed E-state index contributed by atoms with van der Waals surface area (Å²) in [6, 6.07) is 10.2. The average molecular weight is 299 g/mol. The topological polar surface area (TPSA) is 53.1 Å². The third-order valence-electron chi connectivity index (χ3n) is 3.21. The van der Waals surface area contributed by atoms with Crippen LogP contribution in [0.4, 0.5) is 17.5 Å². The van der Waals surface area contributed by atoms with Gasteiger partial charge in [-0.15, -0.1) is 0 Å². The summed E-state index contributed by atoms with van der Waals surface area (Å²) in [5.74, 6) is 1.49. The van der Waals surface area contributed by atoms with Crippen molar-refractivity contribution in [2.24, 2.45) is 0 Å². The number of nitrogens with one attached hydrogen (secondary N) is 2. The average Bonchev–Trinajstić information content (AvgIpc) is 2.43. The zero-order valence-corrected chi connectivity index (χ0v) is 13.8. The quantitative estimate of drug-likeness (QED) is 0.769. The second-order valence-corrected chi connectivity index (χ2v) is 5.80. The molecule has 1 heterocycles. The standard InChI is InChI=1S/C17H25N5/c1-13-7-5-8-15(11-13)20-16-12-14(2)19-17(21-16)18-9-6-10-22(3)4/h5,7-8,11-12H,6,9-10H2,1-4H3,(H2,18,19,20,21). The van der Waals surface area contributed by atoms with Crippen LogP contribution in [-0.4, -0.2) is 42.1 Å². The molecule has 5 heteroatoms. The first-order chi connectivity index (χ1) is 10.5. The van der Waals surface area contributed by atoms with Crippen molar-refractivity contribution in [3.8, 4) is 0 Å². The Hall–Kier alpha value is -2.14. The number of nitrogens with zero attached hydrogens (tertiary/aromatic N) is 3. The Morgan fingerprint density at radius 3 is 2.64 bits per heavy atom. The van der Waals surface area contributed by atoms with Crippen molar-refractivity contribution in [3.05, 3.63) is 41.6 Å². The molecule has 5 nitrogen and oxygen atoms in total. The molecule has 2 aromatic rings. The maximum atomic E-state index is 4.53. The molecule has 0 bridgehead atoms. The van der Waals surface area contributed by atoms with Gasteiger partial charge in [0.2, 0.25) is 5.95 Å². The lowest BCUT2D eigenvalue weighted by atomic mass is 10.2. The summed E-state index contributed by atoms with van der Waals surface area (Å²) in [4.78, 5) is 11.1. The number of hydrogen-bond donors (Lipinski definition) is 2. The van der Waals surface area contributed by atoms with Crippen LogP contribution in [0.3, 0.4) is 0 Å². The van der Waals surface area contributed by atoms with Gasteiger partial charge in [-0.2, -0.15) is 4.98 Å². The number of aromatic nitrogens is 2. The summed E-state index contributed by atoms with van der Waals surface area (Å²) in [6.07, 6.45) is 1.06. The molecule has 0 unspecified atom stereocenters. The van der Waals surface area contributed by atoms with Crippen LogP contribution < -0.4 is 10.6 Å². The minimum atomic E-state index is 0.675. The summed E-state index contributed by atoms with van der Waals surface area (Å²) in [7, 11) is 4.15. The summed E-state index contributed by atoms with van der Waals surface area (Å²) in [6.45, 7) is 5.97. The lowest BCUT2D eigenvalue weighted by molar-refractivity contribution is 0.405. The SMILES string of the molecule is Cc1cccc(Nc2cc(C)nc(NCCCN(C)C)n2)c1. The van der Waals surface area contributed by atoms with Crippen LogP contribution in [-0.2, 0) is 0 Å². The lowest BCUT2D eigenvalue weighted by Crippen LogP contribution is -2.17. The summed E-state index contributed by atoms with van der Waals surface area (Å²) < 4.78 is 0. The maximum Gasteiger partial charge on any atom is 0.224 e. The number of hydrogen-bond acceptors (Lipinski definition) is 5. The molecule has 0 aliphatic carbocycles. The highest BCUT2D eigenvalue weighted by molar-refractivity contribution is 5.58. The van der Waals surface area contributed by atoms with Crippen LogP contribution in [0.1, 0.15) is 17.7 Å². The predicted molar refractivity (Wildman–Crippen MR) is 92.9 cm³/mol. The van der Waals surface area contributed by atoms with E-state index in [1.54, 1.807) is 0 Å². The molecule has 0 atom stereocenters. The van der Waals surface area contributed by atoms with Crippen LogP contribution >= 0.6 is 0 Å². The molecule has 22 heavy (non-hydrogen) atoms. The number of benzene rings is 1. The van der Waals surface area contributed by atoms with E-state index in [-0.39, 0.29) is 0 Å². The molecule has 1 aromatic carbocycles. The highest BCUT2D eigenvalue weighted by Gasteiger charge is 2.03. The monoisotopic (exact) mass is 299 g/mol. The lowest BCUT2D eigenvalue weighted by Gasteiger charge is -2.12. The van der Waals surface area contributed by atoms with E-state index in [4.69, 9.17) is 0 Å². The second kappa shape index (κ2) is 7.75. The molecule has 0 aliphatic rings. The third kappa shape index (κ3) is 5.33. The van der Waals surface area contributed by atoms with Crippen LogP contribution in [0.25, 0.3) is 0 Å². The minimum Gasteiger partial charge on any atom is -0.354 e. The molecule has 0 radical (unpaired) electrons. The Bertz CT molecular complexity index is 610. The smallest absolute Gasteiger partial charge is 0.224 e. The van der Waals surface area contributed by atoms with E-state index in [0.29, 0.717) is 5.95 Å². The fourth-order valence-electron chi connectivity index (χ4n) is 2.18. The van der Waals surface area contributed by atoms with Gasteiger partial charge in [-0.1, -0.05) is 12.1 Å². The van der Waals surface area contributed by atoms with Crippen LogP contribution in [0.5, 0.6) is 0 Å². The first-order valence-corrected chi connectivity index (χ1v) is 7.61. The van der Waals surface area contributed by atoms with Gasteiger partial charge in [-0.25, -0.2) is 4.98 Å². The van der Waals surface area contributed by atoms with Gasteiger partial charge in [-0.3, -0.25) is 0 Å². The molecule has 2 N–H and O–H groups in total. The van der Waals surface area contributed by atoms with Crippen molar-refractivity contribution in [1.82, 2.24) is 14.9 Å². The Labute approximate surface area is 132 Å². The summed E-state index contributed by atoms with van der Waals surface area (Å²) in [5, 5.41) is 6.62. The Morgan fingerprint density at radius 2 is 1.91 bits per heavy atom. The highest BCUT2D eigenvalue weighted by atomic mass is 15.1. The Balaban J connectivity index is 2.00. The molecule has 0 amide bonds. The Kier molecular flexibility index (Phi) is 5.72. The molecular weight excluding hydrogens is 274 g/mol. The van der Waals surface area contributed by atoms with Crippen LogP contribution in [0, 0.1) is 13.8 Å². The van der Waals surface area contributed by atoms with E-state index in [0.717, 1.165) is 36.7 Å². The van der Waals surface area contributed by atoms with Crippen molar-refractivity contribution in [2.45, 2.75) is 20.3 Å². The molecule has 2 rings (SSSR count). The van der Waals surface area contributed by atoms with Gasteiger partial charge in [0.1, 0.15) is 5.82 Å². The van der Waals surface area contributed by atoms with Gasteiger partial charge in [0.25, 0.3) is 0 Å². The van der Waals surface area contributed by atoms with Gasteiger partial charge in [0, 0.05) is 24.0 Å². The van der Waals surface area contributed by atoms with E-state index < -0.39 is 0 Å². The molecule has 0 saturated heterocycles. The first kappa shape index (κ1) is 16.2. The van der Waals surface area contributed by atoms with Gasteiger partial charge < -0.3 is 15.5 Å². The Morgan fingerprint density at radius 1 is 1.09 bits per heavy atom. The van der Waals surface area contributed by atoms with E-state index in [2.05, 4.69) is 58.7 Å². The minimum absolute atomic E-state index is 0.675. The highest BCUT2D eigenvalue weighted by Crippen LogP contribution is 2.17. The second-order valence-electron chi connectivity index (χ2n) is 5.80. The zero-order chi connectivity index (χ0) is 15.9. The molecule has 118 valence electrons. The normalized spacial score (nSPS) is 10.8. The number of aryl methyl sites for hydroxylation is 2. The number of rotatable bonds is 7.